The minimum Gasteiger partial charge on any atom is -0.746 e. The van der Waals surface area contributed by atoms with Gasteiger partial charge >= 0.3 is 29.6 Å². The maximum absolute atomic E-state index is 10.9. The molecule has 1 saturated carbocycles. The summed E-state index contributed by atoms with van der Waals surface area (Å²) in [6.45, 7) is 2.08. The van der Waals surface area contributed by atoms with E-state index in [4.69, 9.17) is 0 Å². The van der Waals surface area contributed by atoms with Gasteiger partial charge in [-0.25, -0.2) is 8.42 Å². The number of aliphatic hydroxyl groups is 1. The Morgan fingerprint density at radius 2 is 2.00 bits per heavy atom. The van der Waals surface area contributed by atoms with Crippen LogP contribution < -0.4 is 29.6 Å². The first kappa shape index (κ1) is 16.9. The van der Waals surface area contributed by atoms with Gasteiger partial charge in [-0.3, -0.25) is 0 Å². The smallest absolute Gasteiger partial charge is 0.746 e. The van der Waals surface area contributed by atoms with Gasteiger partial charge in [-0.05, 0) is 31.6 Å². The van der Waals surface area contributed by atoms with Gasteiger partial charge in [0.2, 0.25) is 0 Å². The van der Waals surface area contributed by atoms with Gasteiger partial charge in [0.05, 0.1) is 0 Å². The van der Waals surface area contributed by atoms with Gasteiger partial charge in [0.25, 0.3) is 0 Å². The zero-order valence-electron chi connectivity index (χ0n) is 10.1. The van der Waals surface area contributed by atoms with E-state index in [-0.39, 0.29) is 42.4 Å². The minimum atomic E-state index is -4.58. The Kier molecular flexibility index (Phi) is 7.07. The Morgan fingerprint density at radius 3 is 2.50 bits per heavy atom. The molecule has 1 aliphatic rings. The molecule has 90 valence electrons. The molecule has 2 atom stereocenters. The average Bonchev–Trinajstić information content (AvgIpc) is 2.29. The molecule has 4 nitrogen and oxygen atoms in total. The second-order valence-electron chi connectivity index (χ2n) is 4.49. The van der Waals surface area contributed by atoms with Crippen LogP contribution in [-0.2, 0) is 10.1 Å². The molecule has 0 bridgehead atoms. The van der Waals surface area contributed by atoms with E-state index in [0.717, 1.165) is 19.3 Å². The molecule has 0 spiro atoms. The van der Waals surface area contributed by atoms with E-state index in [1.165, 1.54) is 0 Å². The van der Waals surface area contributed by atoms with Crippen LogP contribution in [-0.4, -0.2) is 23.0 Å². The van der Waals surface area contributed by atoms with Crippen LogP contribution in [0.25, 0.3) is 0 Å². The number of hydrogen-bond acceptors (Lipinski definition) is 4. The van der Waals surface area contributed by atoms with Crippen molar-refractivity contribution in [2.75, 3.05) is 0 Å². The van der Waals surface area contributed by atoms with Crippen LogP contribution in [0.3, 0.4) is 0 Å². The monoisotopic (exact) mass is 258 g/mol. The molecule has 0 aromatic carbocycles. The number of rotatable bonds is 3. The van der Waals surface area contributed by atoms with Gasteiger partial charge in [0, 0.05) is 0 Å². The molecular formula is C10H19NaO4S. The Hall–Kier alpha value is 0.870. The van der Waals surface area contributed by atoms with Crippen molar-refractivity contribution in [1.29, 1.82) is 0 Å². The fourth-order valence-electron chi connectivity index (χ4n) is 2.31. The molecule has 1 aliphatic carbocycles. The van der Waals surface area contributed by atoms with Gasteiger partial charge in [-0.2, -0.15) is 0 Å². The first-order valence-corrected chi connectivity index (χ1v) is 6.97. The van der Waals surface area contributed by atoms with Crippen LogP contribution in [0.15, 0.2) is 0 Å². The van der Waals surface area contributed by atoms with Crippen molar-refractivity contribution in [3.8, 4) is 0 Å². The molecule has 1 rings (SSSR count). The van der Waals surface area contributed by atoms with E-state index in [2.05, 4.69) is 6.92 Å². The molecule has 0 aromatic heterocycles. The minimum absolute atomic E-state index is 0. The van der Waals surface area contributed by atoms with Gasteiger partial charge in [0.15, 0.2) is 4.93 Å². The molecule has 1 N–H and O–H groups in total. The Labute approximate surface area is 120 Å². The van der Waals surface area contributed by atoms with Crippen molar-refractivity contribution in [2.45, 2.75) is 56.8 Å². The van der Waals surface area contributed by atoms with E-state index >= 15 is 0 Å². The molecule has 0 heterocycles. The summed E-state index contributed by atoms with van der Waals surface area (Å²) in [6.07, 6.45) is 4.50. The maximum Gasteiger partial charge on any atom is 1.00 e. The summed E-state index contributed by atoms with van der Waals surface area (Å²) in [4.78, 5) is -2.00. The normalized spacial score (nSPS) is 31.6. The fourth-order valence-corrected chi connectivity index (χ4v) is 3.08. The molecule has 1 fully saturated rings. The number of hydrogen-bond donors (Lipinski definition) is 1. The predicted molar refractivity (Wildman–Crippen MR) is 56.1 cm³/mol. The van der Waals surface area contributed by atoms with Gasteiger partial charge in [-0.1, -0.05) is 26.2 Å². The molecule has 0 aliphatic heterocycles. The third kappa shape index (κ3) is 4.27. The van der Waals surface area contributed by atoms with Crippen molar-refractivity contribution in [3.05, 3.63) is 0 Å². The predicted octanol–water partition coefficient (Wildman–Crippen LogP) is -1.40. The second kappa shape index (κ2) is 6.71. The molecule has 2 unspecified atom stereocenters. The van der Waals surface area contributed by atoms with E-state index in [1.54, 1.807) is 0 Å². The Bertz CT molecular complexity index is 304. The zero-order valence-corrected chi connectivity index (χ0v) is 12.9. The summed E-state index contributed by atoms with van der Waals surface area (Å²) in [5.41, 5.74) is 0. The molecular weight excluding hydrogens is 239 g/mol. The molecule has 16 heavy (non-hydrogen) atoms. The maximum atomic E-state index is 10.9. The first-order valence-electron chi connectivity index (χ1n) is 5.57. The van der Waals surface area contributed by atoms with Crippen LogP contribution in [0.4, 0.5) is 0 Å². The molecule has 0 aromatic rings. The molecule has 0 amide bonds. The van der Waals surface area contributed by atoms with Crippen molar-refractivity contribution in [3.63, 3.8) is 0 Å². The third-order valence-electron chi connectivity index (χ3n) is 3.29. The van der Waals surface area contributed by atoms with Crippen molar-refractivity contribution in [2.24, 2.45) is 5.92 Å². The quantitative estimate of drug-likeness (QED) is 0.384. The van der Waals surface area contributed by atoms with Crippen LogP contribution >= 0.6 is 0 Å². The SMILES string of the molecule is CCCC1CCCC(O)(S(=O)(=O)[O-])CC1.[Na+]. The van der Waals surface area contributed by atoms with Gasteiger partial charge in [0.1, 0.15) is 10.1 Å². The molecule has 0 saturated heterocycles. The van der Waals surface area contributed by atoms with E-state index in [9.17, 15) is 18.1 Å². The largest absolute Gasteiger partial charge is 1.00 e. The topological polar surface area (TPSA) is 77.4 Å². The van der Waals surface area contributed by atoms with Crippen molar-refractivity contribution < 1.29 is 47.6 Å². The van der Waals surface area contributed by atoms with Crippen LogP contribution in [0, 0.1) is 5.92 Å². The standard InChI is InChI=1S/C10H20O4S.Na/c1-2-4-9-5-3-7-10(11,8-6-9)15(12,13)14;/h9,11H,2-8H2,1H3,(H,12,13,14);/q;+1/p-1. The van der Waals surface area contributed by atoms with Crippen molar-refractivity contribution in [1.82, 2.24) is 0 Å². The first-order chi connectivity index (χ1) is 6.89. The fraction of sp³-hybridized carbons (Fsp3) is 1.00. The van der Waals surface area contributed by atoms with Gasteiger partial charge in [-0.15, -0.1) is 0 Å². The zero-order chi connectivity index (χ0) is 11.5. The Morgan fingerprint density at radius 1 is 1.38 bits per heavy atom. The van der Waals surface area contributed by atoms with Crippen LogP contribution in [0.5, 0.6) is 0 Å². The summed E-state index contributed by atoms with van der Waals surface area (Å²) in [6, 6.07) is 0. The third-order valence-corrected chi connectivity index (χ3v) is 4.62. The van der Waals surface area contributed by atoms with Crippen LogP contribution in [0.1, 0.15) is 51.9 Å². The molecule has 6 heteroatoms. The summed E-state index contributed by atoms with van der Waals surface area (Å²) < 4.78 is 32.8. The summed E-state index contributed by atoms with van der Waals surface area (Å²) in [7, 11) is -4.58. The van der Waals surface area contributed by atoms with E-state index in [0.29, 0.717) is 18.8 Å². The summed E-state index contributed by atoms with van der Waals surface area (Å²) in [5.74, 6) is 0.464. The van der Waals surface area contributed by atoms with Crippen LogP contribution in [0.2, 0.25) is 0 Å². The Balaban J connectivity index is 0.00000225. The van der Waals surface area contributed by atoms with E-state index < -0.39 is 15.1 Å². The van der Waals surface area contributed by atoms with Crippen molar-refractivity contribution >= 4 is 10.1 Å². The van der Waals surface area contributed by atoms with Gasteiger partial charge < -0.3 is 9.66 Å². The average molecular weight is 258 g/mol. The second-order valence-corrected chi connectivity index (χ2v) is 6.15. The van der Waals surface area contributed by atoms with E-state index in [1.807, 2.05) is 0 Å². The summed E-state index contributed by atoms with van der Waals surface area (Å²) >= 11 is 0. The molecule has 0 radical (unpaired) electrons. The summed E-state index contributed by atoms with van der Waals surface area (Å²) in [5, 5.41) is 9.77.